The number of guanidine groups is 1. The minimum atomic E-state index is -0.222. The van der Waals surface area contributed by atoms with Crippen molar-refractivity contribution in [1.29, 1.82) is 0 Å². The van der Waals surface area contributed by atoms with Crippen LogP contribution in [0.4, 0.5) is 10.1 Å². The quantitative estimate of drug-likeness (QED) is 0.507. The summed E-state index contributed by atoms with van der Waals surface area (Å²) in [7, 11) is 1.72. The normalized spacial score (nSPS) is 14.3. The van der Waals surface area contributed by atoms with E-state index < -0.39 is 0 Å². The van der Waals surface area contributed by atoms with Gasteiger partial charge in [0, 0.05) is 31.7 Å². The number of aliphatic imine (C=N–C) groups is 1. The summed E-state index contributed by atoms with van der Waals surface area (Å²) >= 11 is 0. The Kier molecular flexibility index (Phi) is 7.00. The van der Waals surface area contributed by atoms with Gasteiger partial charge in [0.25, 0.3) is 0 Å². The lowest BCUT2D eigenvalue weighted by atomic mass is 9.85. The number of hydrogen-bond donors (Lipinski definition) is 3. The molecule has 1 fully saturated rings. The predicted molar refractivity (Wildman–Crippen MR) is 111 cm³/mol. The minimum absolute atomic E-state index is 0.120. The van der Waals surface area contributed by atoms with E-state index in [2.05, 4.69) is 20.9 Å². The van der Waals surface area contributed by atoms with Gasteiger partial charge in [-0.3, -0.25) is 9.79 Å². The summed E-state index contributed by atoms with van der Waals surface area (Å²) in [6, 6.07) is 14.4. The van der Waals surface area contributed by atoms with E-state index >= 15 is 0 Å². The molecule has 0 unspecified atom stereocenters. The molecule has 1 aliphatic carbocycles. The zero-order chi connectivity index (χ0) is 19.8. The molecule has 0 atom stereocenters. The number of rotatable bonds is 7. The second-order valence-corrected chi connectivity index (χ2v) is 7.05. The molecule has 0 saturated heterocycles. The lowest BCUT2D eigenvalue weighted by Crippen LogP contribution is -2.37. The number of anilines is 1. The zero-order valence-corrected chi connectivity index (χ0v) is 16.2. The van der Waals surface area contributed by atoms with Crippen molar-refractivity contribution in [3.8, 4) is 0 Å². The zero-order valence-electron chi connectivity index (χ0n) is 16.2. The average molecular weight is 382 g/mol. The largest absolute Gasteiger partial charge is 0.356 e. The molecule has 5 nitrogen and oxygen atoms in total. The van der Waals surface area contributed by atoms with Crippen molar-refractivity contribution >= 4 is 17.6 Å². The first-order valence-corrected chi connectivity index (χ1v) is 9.73. The highest BCUT2D eigenvalue weighted by Crippen LogP contribution is 2.27. The van der Waals surface area contributed by atoms with Gasteiger partial charge in [-0.2, -0.15) is 0 Å². The third kappa shape index (κ3) is 5.81. The third-order valence-corrected chi connectivity index (χ3v) is 4.97. The molecular formula is C22H27FN4O. The second-order valence-electron chi connectivity index (χ2n) is 7.05. The van der Waals surface area contributed by atoms with Gasteiger partial charge in [-0.1, -0.05) is 30.7 Å². The van der Waals surface area contributed by atoms with Crippen LogP contribution in [0.15, 0.2) is 53.5 Å². The maximum atomic E-state index is 12.9. The Morgan fingerprint density at radius 3 is 2.57 bits per heavy atom. The van der Waals surface area contributed by atoms with E-state index in [1.54, 1.807) is 19.2 Å². The summed E-state index contributed by atoms with van der Waals surface area (Å²) in [6.45, 7) is 1.30. The maximum Gasteiger partial charge on any atom is 0.227 e. The molecule has 3 N–H and O–H groups in total. The van der Waals surface area contributed by atoms with E-state index in [4.69, 9.17) is 0 Å². The summed E-state index contributed by atoms with van der Waals surface area (Å²) < 4.78 is 12.9. The van der Waals surface area contributed by atoms with E-state index in [0.29, 0.717) is 19.0 Å². The molecule has 0 spiro atoms. The van der Waals surface area contributed by atoms with Crippen LogP contribution in [0.3, 0.4) is 0 Å². The molecule has 6 heteroatoms. The first-order chi connectivity index (χ1) is 13.6. The van der Waals surface area contributed by atoms with Crippen LogP contribution in [0.25, 0.3) is 0 Å². The van der Waals surface area contributed by atoms with Crippen LogP contribution in [-0.4, -0.2) is 25.5 Å². The monoisotopic (exact) mass is 382 g/mol. The highest BCUT2D eigenvalue weighted by molar-refractivity contribution is 5.93. The standard InChI is InChI=1S/C22H27FN4O/c1-24-22(25-13-12-16-8-10-19(23)11-9-16)26-15-17-4-2-7-20(14-17)27-21(28)18-5-3-6-18/h2,4,7-11,14,18H,3,5-6,12-13,15H2,1H3,(H,27,28)(H2,24,25,26). The lowest BCUT2D eigenvalue weighted by molar-refractivity contribution is -0.122. The van der Waals surface area contributed by atoms with Gasteiger partial charge in [0.05, 0.1) is 0 Å². The van der Waals surface area contributed by atoms with Crippen LogP contribution in [-0.2, 0) is 17.8 Å². The summed E-state index contributed by atoms with van der Waals surface area (Å²) in [6.07, 6.45) is 3.92. The molecular weight excluding hydrogens is 355 g/mol. The Labute approximate surface area is 165 Å². The second kappa shape index (κ2) is 9.88. The van der Waals surface area contributed by atoms with E-state index in [1.165, 1.54) is 12.1 Å². The average Bonchev–Trinajstić information content (AvgIpc) is 2.65. The molecule has 1 amide bonds. The number of benzene rings is 2. The highest BCUT2D eigenvalue weighted by Gasteiger charge is 2.25. The molecule has 2 aromatic rings. The van der Waals surface area contributed by atoms with Gasteiger partial charge in [-0.25, -0.2) is 4.39 Å². The van der Waals surface area contributed by atoms with Crippen LogP contribution in [0.1, 0.15) is 30.4 Å². The molecule has 1 saturated carbocycles. The topological polar surface area (TPSA) is 65.5 Å². The maximum absolute atomic E-state index is 12.9. The van der Waals surface area contributed by atoms with Crippen molar-refractivity contribution in [2.75, 3.05) is 18.9 Å². The van der Waals surface area contributed by atoms with Gasteiger partial charge in [-0.15, -0.1) is 0 Å². The SMILES string of the molecule is CN=C(NCCc1ccc(F)cc1)NCc1cccc(NC(=O)C2CCC2)c1. The van der Waals surface area contributed by atoms with Crippen molar-refractivity contribution in [2.24, 2.45) is 10.9 Å². The molecule has 0 bridgehead atoms. The fourth-order valence-electron chi connectivity index (χ4n) is 3.06. The molecule has 28 heavy (non-hydrogen) atoms. The van der Waals surface area contributed by atoms with Crippen LogP contribution < -0.4 is 16.0 Å². The fraction of sp³-hybridized carbons (Fsp3) is 0.364. The van der Waals surface area contributed by atoms with Gasteiger partial charge in [0.15, 0.2) is 5.96 Å². The predicted octanol–water partition coefficient (Wildman–Crippen LogP) is 3.47. The Bertz CT molecular complexity index is 816. The van der Waals surface area contributed by atoms with Gasteiger partial charge in [0.2, 0.25) is 5.91 Å². The van der Waals surface area contributed by atoms with E-state index in [1.807, 2.05) is 24.3 Å². The summed E-state index contributed by atoms with van der Waals surface area (Å²) in [5.74, 6) is 0.770. The Balaban J connectivity index is 1.44. The van der Waals surface area contributed by atoms with Crippen LogP contribution in [0, 0.1) is 11.7 Å². The number of nitrogens with one attached hydrogen (secondary N) is 3. The van der Waals surface area contributed by atoms with Crippen molar-refractivity contribution in [1.82, 2.24) is 10.6 Å². The number of halogens is 1. The van der Waals surface area contributed by atoms with Crippen LogP contribution in [0.5, 0.6) is 0 Å². The highest BCUT2D eigenvalue weighted by atomic mass is 19.1. The van der Waals surface area contributed by atoms with Crippen molar-refractivity contribution in [2.45, 2.75) is 32.2 Å². The van der Waals surface area contributed by atoms with Gasteiger partial charge in [0.1, 0.15) is 5.82 Å². The molecule has 0 aromatic heterocycles. The molecule has 148 valence electrons. The van der Waals surface area contributed by atoms with Gasteiger partial charge in [-0.05, 0) is 54.7 Å². The number of carbonyl (C=O) groups excluding carboxylic acids is 1. The van der Waals surface area contributed by atoms with Crippen LogP contribution in [0.2, 0.25) is 0 Å². The Morgan fingerprint density at radius 1 is 1.11 bits per heavy atom. The lowest BCUT2D eigenvalue weighted by Gasteiger charge is -2.24. The number of nitrogens with zero attached hydrogens (tertiary/aromatic N) is 1. The number of carbonyl (C=O) groups is 1. The third-order valence-electron chi connectivity index (χ3n) is 4.97. The fourth-order valence-corrected chi connectivity index (χ4v) is 3.06. The van der Waals surface area contributed by atoms with Crippen molar-refractivity contribution < 1.29 is 9.18 Å². The van der Waals surface area contributed by atoms with Gasteiger partial charge >= 0.3 is 0 Å². The first kappa shape index (κ1) is 19.9. The molecule has 0 aliphatic heterocycles. The smallest absolute Gasteiger partial charge is 0.227 e. The Morgan fingerprint density at radius 2 is 1.89 bits per heavy atom. The molecule has 1 aliphatic rings. The molecule has 0 radical (unpaired) electrons. The Hall–Kier alpha value is -2.89. The van der Waals surface area contributed by atoms with Gasteiger partial charge < -0.3 is 16.0 Å². The van der Waals surface area contributed by atoms with Crippen molar-refractivity contribution in [3.63, 3.8) is 0 Å². The molecule has 2 aromatic carbocycles. The molecule has 3 rings (SSSR count). The minimum Gasteiger partial charge on any atom is -0.356 e. The van der Waals surface area contributed by atoms with E-state index in [-0.39, 0.29) is 17.6 Å². The summed E-state index contributed by atoms with van der Waals surface area (Å²) in [5.41, 5.74) is 2.96. The summed E-state index contributed by atoms with van der Waals surface area (Å²) in [5, 5.41) is 9.53. The first-order valence-electron chi connectivity index (χ1n) is 9.73. The summed E-state index contributed by atoms with van der Waals surface area (Å²) in [4.78, 5) is 16.3. The van der Waals surface area contributed by atoms with Crippen LogP contribution >= 0.6 is 0 Å². The molecule has 0 heterocycles. The van der Waals surface area contributed by atoms with E-state index in [0.717, 1.165) is 42.5 Å². The van der Waals surface area contributed by atoms with E-state index in [9.17, 15) is 9.18 Å². The number of hydrogen-bond acceptors (Lipinski definition) is 2. The number of amides is 1. The van der Waals surface area contributed by atoms with Crippen molar-refractivity contribution in [3.05, 3.63) is 65.5 Å².